The lowest BCUT2D eigenvalue weighted by atomic mass is 9.90. The molecule has 0 saturated carbocycles. The van der Waals surface area contributed by atoms with Gasteiger partial charge in [0.25, 0.3) is 0 Å². The van der Waals surface area contributed by atoms with Gasteiger partial charge >= 0.3 is 23.9 Å². The second kappa shape index (κ2) is 10.2. The van der Waals surface area contributed by atoms with Gasteiger partial charge in [0, 0.05) is 27.7 Å². The molecule has 0 amide bonds. The predicted molar refractivity (Wildman–Crippen MR) is 102 cm³/mol. The Labute approximate surface area is 174 Å². The number of aryl methyl sites for hydroxylation is 1. The minimum atomic E-state index is -1.17. The average molecular weight is 422 g/mol. The third kappa shape index (κ3) is 6.28. The Kier molecular flexibility index (Phi) is 7.93. The summed E-state index contributed by atoms with van der Waals surface area (Å²) in [6, 6.07) is 7.29. The molecule has 0 aromatic heterocycles. The Morgan fingerprint density at radius 3 is 1.93 bits per heavy atom. The number of benzene rings is 1. The molecule has 1 aromatic rings. The van der Waals surface area contributed by atoms with Crippen molar-refractivity contribution in [2.75, 3.05) is 6.61 Å². The van der Waals surface area contributed by atoms with E-state index in [0.29, 0.717) is 5.56 Å². The van der Waals surface area contributed by atoms with E-state index in [0.717, 1.165) is 5.56 Å². The van der Waals surface area contributed by atoms with Gasteiger partial charge in [-0.1, -0.05) is 29.8 Å². The quantitative estimate of drug-likeness (QED) is 0.500. The monoisotopic (exact) mass is 422 g/mol. The third-order valence-corrected chi connectivity index (χ3v) is 4.36. The van der Waals surface area contributed by atoms with Crippen LogP contribution in [0.5, 0.6) is 0 Å². The van der Waals surface area contributed by atoms with Crippen molar-refractivity contribution < 1.29 is 42.9 Å². The Bertz CT molecular complexity index is 803. The van der Waals surface area contributed by atoms with Crippen LogP contribution < -0.4 is 0 Å². The van der Waals surface area contributed by atoms with Gasteiger partial charge in [0.15, 0.2) is 18.3 Å². The second-order valence-electron chi connectivity index (χ2n) is 7.03. The lowest BCUT2D eigenvalue weighted by Crippen LogP contribution is -2.59. The molecule has 1 heterocycles. The summed E-state index contributed by atoms with van der Waals surface area (Å²) in [6.45, 7) is 6.45. The molecular weight excluding hydrogens is 396 g/mol. The number of rotatable bonds is 6. The first-order valence-corrected chi connectivity index (χ1v) is 9.45. The van der Waals surface area contributed by atoms with Crippen molar-refractivity contribution in [2.45, 2.75) is 65.1 Å². The van der Waals surface area contributed by atoms with Crippen LogP contribution in [0.25, 0.3) is 0 Å². The fraction of sp³-hybridized carbons (Fsp3) is 0.524. The highest BCUT2D eigenvalue weighted by molar-refractivity contribution is 5.68. The van der Waals surface area contributed by atoms with E-state index in [4.69, 9.17) is 23.7 Å². The van der Waals surface area contributed by atoms with Crippen molar-refractivity contribution in [1.29, 1.82) is 0 Å². The van der Waals surface area contributed by atoms with Crippen molar-refractivity contribution in [3.8, 4) is 0 Å². The molecule has 5 atom stereocenters. The van der Waals surface area contributed by atoms with Gasteiger partial charge < -0.3 is 23.7 Å². The number of esters is 4. The minimum Gasteiger partial charge on any atom is -0.463 e. The molecule has 1 aliphatic heterocycles. The highest BCUT2D eigenvalue weighted by atomic mass is 16.7. The van der Waals surface area contributed by atoms with E-state index in [2.05, 4.69) is 0 Å². The van der Waals surface area contributed by atoms with Crippen LogP contribution in [0.4, 0.5) is 0 Å². The first-order chi connectivity index (χ1) is 14.1. The van der Waals surface area contributed by atoms with Gasteiger partial charge in [-0.15, -0.1) is 0 Å². The molecule has 0 radical (unpaired) electrons. The Hall–Kier alpha value is -2.94. The van der Waals surface area contributed by atoms with Crippen molar-refractivity contribution in [3.63, 3.8) is 0 Å². The van der Waals surface area contributed by atoms with Gasteiger partial charge in [-0.3, -0.25) is 19.2 Å². The van der Waals surface area contributed by atoms with Gasteiger partial charge in [0.05, 0.1) is 0 Å². The van der Waals surface area contributed by atoms with Crippen LogP contribution in [0.15, 0.2) is 24.3 Å². The van der Waals surface area contributed by atoms with E-state index < -0.39 is 54.4 Å². The van der Waals surface area contributed by atoms with Crippen molar-refractivity contribution in [3.05, 3.63) is 35.4 Å². The zero-order chi connectivity index (χ0) is 22.4. The highest BCUT2D eigenvalue weighted by Crippen LogP contribution is 2.37. The van der Waals surface area contributed by atoms with Gasteiger partial charge in [-0.05, 0) is 12.5 Å². The third-order valence-electron chi connectivity index (χ3n) is 4.36. The number of carbonyl (C=O) groups excluding carboxylic acids is 4. The van der Waals surface area contributed by atoms with Crippen LogP contribution in [0.2, 0.25) is 0 Å². The normalized spacial score (nSPS) is 25.7. The fourth-order valence-electron chi connectivity index (χ4n) is 3.34. The molecule has 0 N–H and O–H groups in total. The first kappa shape index (κ1) is 23.3. The maximum Gasteiger partial charge on any atom is 0.303 e. The van der Waals surface area contributed by atoms with Crippen LogP contribution in [0.3, 0.4) is 0 Å². The zero-order valence-electron chi connectivity index (χ0n) is 17.6. The molecule has 1 saturated heterocycles. The van der Waals surface area contributed by atoms with Crippen LogP contribution in [0.1, 0.15) is 44.9 Å². The molecule has 1 fully saturated rings. The Morgan fingerprint density at radius 1 is 0.833 bits per heavy atom. The summed E-state index contributed by atoms with van der Waals surface area (Å²) in [4.78, 5) is 46.7. The molecule has 0 bridgehead atoms. The highest BCUT2D eigenvalue weighted by Gasteiger charge is 2.52. The molecule has 1 aromatic carbocycles. The average Bonchev–Trinajstić information content (AvgIpc) is 2.62. The van der Waals surface area contributed by atoms with Crippen LogP contribution in [0, 0.1) is 6.92 Å². The summed E-state index contributed by atoms with van der Waals surface area (Å²) in [7, 11) is 0. The fourth-order valence-corrected chi connectivity index (χ4v) is 3.34. The van der Waals surface area contributed by atoms with Crippen LogP contribution in [-0.4, -0.2) is 54.9 Å². The predicted octanol–water partition coefficient (Wildman–Crippen LogP) is 1.79. The van der Waals surface area contributed by atoms with E-state index in [1.54, 1.807) is 12.1 Å². The summed E-state index contributed by atoms with van der Waals surface area (Å²) >= 11 is 0. The molecule has 0 aliphatic carbocycles. The largest absolute Gasteiger partial charge is 0.463 e. The van der Waals surface area contributed by atoms with E-state index in [9.17, 15) is 19.2 Å². The number of hydrogen-bond acceptors (Lipinski definition) is 9. The molecule has 2 rings (SSSR count). The van der Waals surface area contributed by atoms with E-state index >= 15 is 0 Å². The summed E-state index contributed by atoms with van der Waals surface area (Å²) in [5, 5.41) is 0. The summed E-state index contributed by atoms with van der Waals surface area (Å²) in [6.07, 6.45) is -5.23. The molecule has 164 valence electrons. The molecular formula is C21H26O9. The maximum absolute atomic E-state index is 11.8. The topological polar surface area (TPSA) is 114 Å². The second-order valence-corrected chi connectivity index (χ2v) is 7.03. The molecule has 1 aliphatic rings. The van der Waals surface area contributed by atoms with Crippen LogP contribution >= 0.6 is 0 Å². The van der Waals surface area contributed by atoms with E-state index in [1.807, 2.05) is 19.1 Å². The molecule has 0 unspecified atom stereocenters. The van der Waals surface area contributed by atoms with Gasteiger partial charge in [-0.2, -0.15) is 0 Å². The molecule has 9 nitrogen and oxygen atoms in total. The van der Waals surface area contributed by atoms with Crippen LogP contribution in [-0.2, 0) is 42.9 Å². The van der Waals surface area contributed by atoms with Gasteiger partial charge in [0.1, 0.15) is 18.8 Å². The number of carbonyl (C=O) groups is 4. The van der Waals surface area contributed by atoms with E-state index in [1.165, 1.54) is 27.7 Å². The van der Waals surface area contributed by atoms with Crippen molar-refractivity contribution in [2.24, 2.45) is 0 Å². The Balaban J connectivity index is 2.53. The summed E-state index contributed by atoms with van der Waals surface area (Å²) in [5.74, 6) is -2.51. The lowest BCUT2D eigenvalue weighted by molar-refractivity contribution is -0.254. The van der Waals surface area contributed by atoms with Gasteiger partial charge in [0.2, 0.25) is 0 Å². The maximum atomic E-state index is 11.8. The summed E-state index contributed by atoms with van der Waals surface area (Å²) < 4.78 is 27.4. The summed E-state index contributed by atoms with van der Waals surface area (Å²) in [5.41, 5.74) is 1.59. The molecule has 0 spiro atoms. The standard InChI is InChI=1S/C21H26O9/c1-11-7-6-8-16(9-11)18-20(28-14(4)24)21(29-15(5)25)19(27-13(3)23)17(30-18)10-26-12(2)22/h6-9,17-21H,10H2,1-5H3/t17-,18+,19-,20+,21+/m1/s1. The molecule has 9 heteroatoms. The number of hydrogen-bond donors (Lipinski definition) is 0. The smallest absolute Gasteiger partial charge is 0.303 e. The minimum absolute atomic E-state index is 0.250. The Morgan fingerprint density at radius 2 is 1.40 bits per heavy atom. The van der Waals surface area contributed by atoms with Crippen molar-refractivity contribution in [1.82, 2.24) is 0 Å². The molecule has 30 heavy (non-hydrogen) atoms. The first-order valence-electron chi connectivity index (χ1n) is 9.45. The lowest BCUT2D eigenvalue weighted by Gasteiger charge is -2.44. The SMILES string of the molecule is CC(=O)OC[C@H]1O[C@@H](c2cccc(C)c2)[C@H](OC(C)=O)[C@@H](OC(C)=O)[C@@H]1OC(C)=O. The van der Waals surface area contributed by atoms with Gasteiger partial charge in [-0.25, -0.2) is 0 Å². The zero-order valence-corrected chi connectivity index (χ0v) is 17.6. The van der Waals surface area contributed by atoms with E-state index in [-0.39, 0.29) is 6.61 Å². The van der Waals surface area contributed by atoms with Crippen molar-refractivity contribution >= 4 is 23.9 Å². The number of ether oxygens (including phenoxy) is 5.